The summed E-state index contributed by atoms with van der Waals surface area (Å²) >= 11 is 0. The van der Waals surface area contributed by atoms with Crippen molar-refractivity contribution in [2.75, 3.05) is 13.7 Å². The van der Waals surface area contributed by atoms with Crippen molar-refractivity contribution in [2.24, 2.45) is 10.9 Å². The first-order chi connectivity index (χ1) is 12.4. The minimum atomic E-state index is -1.19. The van der Waals surface area contributed by atoms with Crippen molar-refractivity contribution in [2.45, 2.75) is 38.9 Å². The summed E-state index contributed by atoms with van der Waals surface area (Å²) in [7, 11) is 1.54. The van der Waals surface area contributed by atoms with E-state index in [9.17, 15) is 14.4 Å². The number of carbonyl (C=O) groups is 3. The highest BCUT2D eigenvalue weighted by Gasteiger charge is 2.46. The molecule has 1 aliphatic heterocycles. The fourth-order valence-corrected chi connectivity index (χ4v) is 2.50. The Morgan fingerprint density at radius 1 is 1.15 bits per heavy atom. The number of aliphatic imine (C=N–C) groups is 1. The van der Waals surface area contributed by atoms with E-state index in [4.69, 9.17) is 14.2 Å². The number of cyclic esters (lactones) is 2. The lowest BCUT2D eigenvalue weighted by Gasteiger charge is -2.36. The zero-order valence-electron chi connectivity index (χ0n) is 15.2. The van der Waals surface area contributed by atoms with Gasteiger partial charge in [-0.15, -0.1) is 0 Å². The van der Waals surface area contributed by atoms with E-state index in [0.29, 0.717) is 37.1 Å². The van der Waals surface area contributed by atoms with Crippen LogP contribution < -0.4 is 0 Å². The van der Waals surface area contributed by atoms with Crippen molar-refractivity contribution in [1.82, 2.24) is 0 Å². The molecule has 1 aliphatic rings. The van der Waals surface area contributed by atoms with E-state index in [1.807, 2.05) is 0 Å². The number of esters is 2. The smallest absolute Gasteiger partial charge is 0.329 e. The predicted octanol–water partition coefficient (Wildman–Crippen LogP) is 2.84. The minimum absolute atomic E-state index is 0.0303. The normalized spacial score (nSPS) is 17.2. The Morgan fingerprint density at radius 2 is 1.73 bits per heavy atom. The van der Waals surface area contributed by atoms with Gasteiger partial charge in [0.1, 0.15) is 0 Å². The van der Waals surface area contributed by atoms with Crippen LogP contribution in [0.1, 0.15) is 43.5 Å². The van der Waals surface area contributed by atoms with Gasteiger partial charge < -0.3 is 14.2 Å². The Labute approximate surface area is 152 Å². The van der Waals surface area contributed by atoms with Crippen molar-refractivity contribution < 1.29 is 28.6 Å². The quantitative estimate of drug-likeness (QED) is 0.306. The fraction of sp³-hybridized carbons (Fsp3) is 0.474. The lowest BCUT2D eigenvalue weighted by molar-refractivity contribution is -0.250. The summed E-state index contributed by atoms with van der Waals surface area (Å²) in [6.07, 6.45) is 2.30. The van der Waals surface area contributed by atoms with Crippen LogP contribution in [0.15, 0.2) is 29.3 Å². The lowest BCUT2D eigenvalue weighted by atomic mass is 10.1. The monoisotopic (exact) mass is 361 g/mol. The molecule has 140 valence electrons. The average molecular weight is 361 g/mol. The molecule has 1 fully saturated rings. The van der Waals surface area contributed by atoms with E-state index < -0.39 is 23.6 Å². The van der Waals surface area contributed by atoms with E-state index in [-0.39, 0.29) is 5.78 Å². The van der Waals surface area contributed by atoms with Crippen molar-refractivity contribution in [1.29, 1.82) is 0 Å². The van der Waals surface area contributed by atoms with E-state index in [1.165, 1.54) is 13.3 Å². The van der Waals surface area contributed by atoms with Crippen LogP contribution in [0, 0.1) is 5.92 Å². The molecule has 0 bridgehead atoms. The molecule has 26 heavy (non-hydrogen) atoms. The molecule has 1 aromatic carbocycles. The van der Waals surface area contributed by atoms with Crippen LogP contribution in [0.4, 0.5) is 5.69 Å². The summed E-state index contributed by atoms with van der Waals surface area (Å²) in [5.41, 5.74) is 1.06. The van der Waals surface area contributed by atoms with Gasteiger partial charge in [-0.25, -0.2) is 0 Å². The molecule has 0 unspecified atom stereocenters. The fourth-order valence-electron chi connectivity index (χ4n) is 2.50. The number of ketones is 1. The Balaban J connectivity index is 2.04. The molecule has 0 atom stereocenters. The van der Waals surface area contributed by atoms with E-state index >= 15 is 0 Å². The maximum atomic E-state index is 12.1. The van der Waals surface area contributed by atoms with Gasteiger partial charge in [-0.3, -0.25) is 19.4 Å². The van der Waals surface area contributed by atoms with Gasteiger partial charge in [-0.05, 0) is 24.3 Å². The third-order valence-electron chi connectivity index (χ3n) is 4.25. The van der Waals surface area contributed by atoms with Crippen LogP contribution in [0.25, 0.3) is 0 Å². The summed E-state index contributed by atoms with van der Waals surface area (Å²) in [5, 5.41) is 0. The van der Waals surface area contributed by atoms with Crippen molar-refractivity contribution in [3.05, 3.63) is 29.8 Å². The summed E-state index contributed by atoms with van der Waals surface area (Å²) in [5.74, 6) is -3.73. The Hall–Kier alpha value is -2.54. The molecule has 1 saturated heterocycles. The molecule has 0 amide bonds. The standard InChI is InChI=1S/C19H23NO6/c1-4-19(5-2)25-17(22)15(18(23)26-19)12-20-14-8-6-13(7-9-14)16(21)10-11-24-3/h6-9,12,15H,4-5,10-11H2,1-3H3. The second-order valence-electron chi connectivity index (χ2n) is 5.93. The number of benzene rings is 1. The molecule has 1 heterocycles. The molecular formula is C19H23NO6. The second-order valence-corrected chi connectivity index (χ2v) is 5.93. The Morgan fingerprint density at radius 3 is 2.23 bits per heavy atom. The number of rotatable bonds is 8. The zero-order chi connectivity index (χ0) is 19.2. The van der Waals surface area contributed by atoms with Crippen LogP contribution in [0.5, 0.6) is 0 Å². The molecule has 0 saturated carbocycles. The molecule has 7 heteroatoms. The summed E-state index contributed by atoms with van der Waals surface area (Å²) < 4.78 is 15.5. The average Bonchev–Trinajstić information content (AvgIpc) is 2.65. The number of nitrogens with zero attached hydrogens (tertiary/aromatic N) is 1. The topological polar surface area (TPSA) is 91.3 Å². The third kappa shape index (κ3) is 4.54. The Bertz CT molecular complexity index is 670. The molecule has 0 N–H and O–H groups in total. The van der Waals surface area contributed by atoms with Crippen molar-refractivity contribution >= 4 is 29.6 Å². The van der Waals surface area contributed by atoms with Crippen molar-refractivity contribution in [3.63, 3.8) is 0 Å². The van der Waals surface area contributed by atoms with E-state index in [1.54, 1.807) is 38.1 Å². The number of carbonyl (C=O) groups excluding carboxylic acids is 3. The molecule has 0 radical (unpaired) electrons. The molecule has 2 rings (SSSR count). The van der Waals surface area contributed by atoms with Gasteiger partial charge in [0.25, 0.3) is 5.79 Å². The number of hydrogen-bond donors (Lipinski definition) is 0. The summed E-state index contributed by atoms with van der Waals surface area (Å²) in [6, 6.07) is 6.56. The summed E-state index contributed by atoms with van der Waals surface area (Å²) in [6.45, 7) is 3.93. The highest BCUT2D eigenvalue weighted by atomic mass is 16.7. The van der Waals surface area contributed by atoms with E-state index in [0.717, 1.165) is 0 Å². The maximum absolute atomic E-state index is 12.1. The number of hydrogen-bond acceptors (Lipinski definition) is 7. The Kier molecular flexibility index (Phi) is 6.63. The highest BCUT2D eigenvalue weighted by Crippen LogP contribution is 2.29. The SMILES string of the molecule is CCC1(CC)OC(=O)C(C=Nc2ccc(C(=O)CCOC)cc2)C(=O)O1. The van der Waals surface area contributed by atoms with Gasteiger partial charge in [0, 0.05) is 38.2 Å². The molecule has 7 nitrogen and oxygen atoms in total. The maximum Gasteiger partial charge on any atom is 0.329 e. The van der Waals surface area contributed by atoms with Crippen LogP contribution in [-0.2, 0) is 23.8 Å². The zero-order valence-corrected chi connectivity index (χ0v) is 15.2. The van der Waals surface area contributed by atoms with Gasteiger partial charge in [0.05, 0.1) is 12.3 Å². The first-order valence-corrected chi connectivity index (χ1v) is 8.56. The van der Waals surface area contributed by atoms with Crippen LogP contribution >= 0.6 is 0 Å². The molecule has 0 spiro atoms. The van der Waals surface area contributed by atoms with Crippen LogP contribution in [0.3, 0.4) is 0 Å². The molecule has 0 aliphatic carbocycles. The van der Waals surface area contributed by atoms with Gasteiger partial charge in [-0.1, -0.05) is 13.8 Å². The van der Waals surface area contributed by atoms with E-state index in [2.05, 4.69) is 4.99 Å². The van der Waals surface area contributed by atoms with Gasteiger partial charge in [-0.2, -0.15) is 0 Å². The minimum Gasteiger partial charge on any atom is -0.422 e. The largest absolute Gasteiger partial charge is 0.422 e. The predicted molar refractivity (Wildman–Crippen MR) is 94.4 cm³/mol. The number of Topliss-reactive ketones (excluding diaryl/α,β-unsaturated/α-hetero) is 1. The van der Waals surface area contributed by atoms with Crippen molar-refractivity contribution in [3.8, 4) is 0 Å². The first kappa shape index (κ1) is 19.8. The van der Waals surface area contributed by atoms with Gasteiger partial charge >= 0.3 is 11.9 Å². The van der Waals surface area contributed by atoms with Crippen LogP contribution in [0.2, 0.25) is 0 Å². The highest BCUT2D eigenvalue weighted by molar-refractivity contribution is 6.10. The lowest BCUT2D eigenvalue weighted by Crippen LogP contribution is -2.49. The first-order valence-electron chi connectivity index (χ1n) is 8.56. The van der Waals surface area contributed by atoms with Crippen LogP contribution in [-0.4, -0.2) is 43.4 Å². The van der Waals surface area contributed by atoms with Gasteiger partial charge in [0.2, 0.25) is 0 Å². The third-order valence-corrected chi connectivity index (χ3v) is 4.25. The molecule has 1 aromatic rings. The van der Waals surface area contributed by atoms with Gasteiger partial charge in [0.15, 0.2) is 11.7 Å². The number of methoxy groups -OCH3 is 1. The molecule has 0 aromatic heterocycles. The number of ether oxygens (including phenoxy) is 3. The summed E-state index contributed by atoms with van der Waals surface area (Å²) in [4.78, 5) is 40.3. The second kappa shape index (κ2) is 8.71. The molecular weight excluding hydrogens is 338 g/mol.